The summed E-state index contributed by atoms with van der Waals surface area (Å²) in [6, 6.07) is 15.0. The number of benzene rings is 2. The van der Waals surface area contributed by atoms with Gasteiger partial charge in [0.2, 0.25) is 5.82 Å². The highest BCUT2D eigenvalue weighted by atomic mass is 79.9. The van der Waals surface area contributed by atoms with Crippen LogP contribution in [0, 0.1) is 6.92 Å². The van der Waals surface area contributed by atoms with Crippen molar-refractivity contribution < 1.29 is 13.8 Å². The molecule has 0 aliphatic carbocycles. The molecule has 1 N–H and O–H groups in total. The number of hydrogen-bond acceptors (Lipinski definition) is 5. The first-order valence-electron chi connectivity index (χ1n) is 7.51. The number of halogens is 1. The fourth-order valence-electron chi connectivity index (χ4n) is 2.63. The van der Waals surface area contributed by atoms with Gasteiger partial charge >= 0.3 is 0 Å². The van der Waals surface area contributed by atoms with Gasteiger partial charge < -0.3 is 4.42 Å². The summed E-state index contributed by atoms with van der Waals surface area (Å²) in [6.07, 6.45) is 0. The van der Waals surface area contributed by atoms with E-state index in [9.17, 15) is 4.79 Å². The van der Waals surface area contributed by atoms with Crippen molar-refractivity contribution in [3.05, 3.63) is 64.3 Å². The molecule has 0 unspecified atom stereocenters. The number of furan rings is 1. The maximum absolute atomic E-state index is 12.6. The lowest BCUT2D eigenvalue weighted by Gasteiger charge is -2.01. The van der Waals surface area contributed by atoms with Crippen molar-refractivity contribution in [1.82, 2.24) is 10.3 Å². The van der Waals surface area contributed by atoms with Gasteiger partial charge in [-0.1, -0.05) is 46.3 Å². The van der Waals surface area contributed by atoms with Crippen LogP contribution in [0.15, 0.2) is 62.0 Å². The Morgan fingerprint density at radius 1 is 1.12 bits per heavy atom. The molecular formula is C18H12BrN3O3. The number of aryl methyl sites for hydroxylation is 1. The molecule has 0 atom stereocenters. The van der Waals surface area contributed by atoms with Gasteiger partial charge in [0.25, 0.3) is 5.91 Å². The van der Waals surface area contributed by atoms with Crippen LogP contribution in [0.3, 0.4) is 0 Å². The van der Waals surface area contributed by atoms with Gasteiger partial charge in [0, 0.05) is 21.0 Å². The standard InChI is InChI=1S/C18H12BrN3O3/c1-10-13-9-12(19)7-8-14(13)24-16(10)18(23)20-17-15(21-25-22-17)11-5-3-2-4-6-11/h2-9H,1H3,(H,20,22,23). The average Bonchev–Trinajstić information content (AvgIpc) is 3.21. The van der Waals surface area contributed by atoms with E-state index in [1.54, 1.807) is 0 Å². The van der Waals surface area contributed by atoms with E-state index in [0.29, 0.717) is 11.3 Å². The molecule has 6 nitrogen and oxygen atoms in total. The van der Waals surface area contributed by atoms with Crippen LogP contribution < -0.4 is 5.32 Å². The lowest BCUT2D eigenvalue weighted by Crippen LogP contribution is -2.13. The molecule has 0 saturated heterocycles. The molecule has 0 fully saturated rings. The Morgan fingerprint density at radius 3 is 2.72 bits per heavy atom. The highest BCUT2D eigenvalue weighted by molar-refractivity contribution is 9.10. The van der Waals surface area contributed by atoms with Crippen LogP contribution in [0.5, 0.6) is 0 Å². The predicted octanol–water partition coefficient (Wildman–Crippen LogP) is 4.81. The first-order valence-corrected chi connectivity index (χ1v) is 8.31. The Morgan fingerprint density at radius 2 is 1.92 bits per heavy atom. The molecule has 0 spiro atoms. The third-order valence-corrected chi connectivity index (χ3v) is 4.37. The summed E-state index contributed by atoms with van der Waals surface area (Å²) in [4.78, 5) is 12.6. The van der Waals surface area contributed by atoms with Crippen LogP contribution in [-0.2, 0) is 0 Å². The number of anilines is 1. The van der Waals surface area contributed by atoms with E-state index in [0.717, 1.165) is 21.0 Å². The lowest BCUT2D eigenvalue weighted by atomic mass is 10.1. The summed E-state index contributed by atoms with van der Waals surface area (Å²) in [7, 11) is 0. The highest BCUT2D eigenvalue weighted by Gasteiger charge is 2.21. The quantitative estimate of drug-likeness (QED) is 0.536. The van der Waals surface area contributed by atoms with Crippen molar-refractivity contribution in [3.63, 3.8) is 0 Å². The predicted molar refractivity (Wildman–Crippen MR) is 96.3 cm³/mol. The number of amides is 1. The molecule has 2 heterocycles. The number of hydrogen-bond donors (Lipinski definition) is 1. The molecule has 124 valence electrons. The van der Waals surface area contributed by atoms with Gasteiger partial charge in [-0.2, -0.15) is 0 Å². The monoisotopic (exact) mass is 397 g/mol. The minimum Gasteiger partial charge on any atom is -0.451 e. The number of nitrogens with one attached hydrogen (secondary N) is 1. The molecule has 0 radical (unpaired) electrons. The summed E-state index contributed by atoms with van der Waals surface area (Å²) >= 11 is 3.42. The summed E-state index contributed by atoms with van der Waals surface area (Å²) in [5, 5.41) is 11.2. The van der Waals surface area contributed by atoms with Gasteiger partial charge in [0.1, 0.15) is 5.58 Å². The summed E-state index contributed by atoms with van der Waals surface area (Å²) in [6.45, 7) is 1.84. The third kappa shape index (κ3) is 2.83. The van der Waals surface area contributed by atoms with E-state index < -0.39 is 5.91 Å². The van der Waals surface area contributed by atoms with E-state index in [4.69, 9.17) is 9.05 Å². The lowest BCUT2D eigenvalue weighted by molar-refractivity contribution is 0.0997. The molecular weight excluding hydrogens is 386 g/mol. The molecule has 0 aliphatic rings. The second kappa shape index (κ2) is 6.18. The topological polar surface area (TPSA) is 81.2 Å². The summed E-state index contributed by atoms with van der Waals surface area (Å²) in [5.41, 5.74) is 2.66. The Labute approximate surface area is 150 Å². The van der Waals surface area contributed by atoms with E-state index in [2.05, 4.69) is 31.6 Å². The van der Waals surface area contributed by atoms with Gasteiger partial charge in [-0.3, -0.25) is 10.1 Å². The maximum Gasteiger partial charge on any atom is 0.292 e. The first kappa shape index (κ1) is 15.6. The van der Waals surface area contributed by atoms with Crippen LogP contribution >= 0.6 is 15.9 Å². The maximum atomic E-state index is 12.6. The van der Waals surface area contributed by atoms with Gasteiger partial charge in [0.05, 0.1) is 0 Å². The largest absolute Gasteiger partial charge is 0.451 e. The van der Waals surface area contributed by atoms with Crippen LogP contribution in [0.1, 0.15) is 16.1 Å². The van der Waals surface area contributed by atoms with E-state index >= 15 is 0 Å². The van der Waals surface area contributed by atoms with Crippen molar-refractivity contribution >= 4 is 38.6 Å². The molecule has 4 aromatic rings. The van der Waals surface area contributed by atoms with Crippen molar-refractivity contribution in [2.24, 2.45) is 0 Å². The van der Waals surface area contributed by atoms with E-state index in [-0.39, 0.29) is 11.6 Å². The summed E-state index contributed by atoms with van der Waals surface area (Å²) in [5.74, 6) is 0.0741. The Hall–Kier alpha value is -2.93. The second-order valence-corrected chi connectivity index (χ2v) is 6.39. The minimum absolute atomic E-state index is 0.232. The number of carbonyl (C=O) groups excluding carboxylic acids is 1. The van der Waals surface area contributed by atoms with Crippen molar-refractivity contribution in [3.8, 4) is 11.3 Å². The molecule has 1 amide bonds. The van der Waals surface area contributed by atoms with E-state index in [1.165, 1.54) is 0 Å². The molecule has 0 bridgehead atoms. The second-order valence-electron chi connectivity index (χ2n) is 5.48. The minimum atomic E-state index is -0.405. The van der Waals surface area contributed by atoms with E-state index in [1.807, 2.05) is 55.5 Å². The average molecular weight is 398 g/mol. The number of nitrogens with zero attached hydrogens (tertiary/aromatic N) is 2. The fraction of sp³-hybridized carbons (Fsp3) is 0.0556. The van der Waals surface area contributed by atoms with Crippen LogP contribution in [0.25, 0.3) is 22.2 Å². The van der Waals surface area contributed by atoms with Gasteiger partial charge in [-0.25, -0.2) is 4.63 Å². The summed E-state index contributed by atoms with van der Waals surface area (Å²) < 4.78 is 11.4. The SMILES string of the molecule is Cc1c(C(=O)Nc2nonc2-c2ccccc2)oc2ccc(Br)cc12. The Balaban J connectivity index is 1.68. The number of fused-ring (bicyclic) bond motifs is 1. The fourth-order valence-corrected chi connectivity index (χ4v) is 2.99. The van der Waals surface area contributed by atoms with Gasteiger partial charge in [-0.15, -0.1) is 0 Å². The van der Waals surface area contributed by atoms with Crippen LogP contribution in [0.4, 0.5) is 5.82 Å². The molecule has 4 rings (SSSR count). The zero-order valence-corrected chi connectivity index (χ0v) is 14.7. The van der Waals surface area contributed by atoms with Gasteiger partial charge in [-0.05, 0) is 35.4 Å². The molecule has 0 aliphatic heterocycles. The smallest absolute Gasteiger partial charge is 0.292 e. The van der Waals surface area contributed by atoms with Gasteiger partial charge in [0.15, 0.2) is 11.5 Å². The van der Waals surface area contributed by atoms with Crippen LogP contribution in [-0.4, -0.2) is 16.2 Å². The Kier molecular flexibility index (Phi) is 3.85. The molecule has 0 saturated carbocycles. The van der Waals surface area contributed by atoms with Crippen molar-refractivity contribution in [2.45, 2.75) is 6.92 Å². The zero-order chi connectivity index (χ0) is 17.4. The van der Waals surface area contributed by atoms with Crippen molar-refractivity contribution in [2.75, 3.05) is 5.32 Å². The first-order chi connectivity index (χ1) is 12.1. The number of aromatic nitrogens is 2. The highest BCUT2D eigenvalue weighted by Crippen LogP contribution is 2.29. The molecule has 2 aromatic heterocycles. The molecule has 2 aromatic carbocycles. The molecule has 25 heavy (non-hydrogen) atoms. The normalized spacial score (nSPS) is 11.0. The Bertz CT molecular complexity index is 1070. The van der Waals surface area contributed by atoms with Crippen LogP contribution in [0.2, 0.25) is 0 Å². The zero-order valence-electron chi connectivity index (χ0n) is 13.1. The third-order valence-electron chi connectivity index (χ3n) is 3.87. The number of carbonyl (C=O) groups is 1. The number of rotatable bonds is 3. The van der Waals surface area contributed by atoms with Crippen molar-refractivity contribution in [1.29, 1.82) is 0 Å². The molecule has 7 heteroatoms.